The molecule has 0 heterocycles. The second kappa shape index (κ2) is 7.44. The SMILES string of the molecule is CCOC(=O)C(Oc1ccccc1)(C(=O)OCCl)[N+](=O)[O-]. The zero-order chi connectivity index (χ0) is 15.9. The highest BCUT2D eigenvalue weighted by atomic mass is 35.5. The van der Waals surface area contributed by atoms with Gasteiger partial charge >= 0.3 is 17.7 Å². The van der Waals surface area contributed by atoms with Crippen molar-refractivity contribution >= 4 is 23.5 Å². The van der Waals surface area contributed by atoms with Gasteiger partial charge in [-0.2, -0.15) is 0 Å². The summed E-state index contributed by atoms with van der Waals surface area (Å²) >= 11 is 5.22. The van der Waals surface area contributed by atoms with Crippen molar-refractivity contribution in [2.24, 2.45) is 0 Å². The molecule has 1 aromatic carbocycles. The average molecular weight is 318 g/mol. The molecule has 0 fully saturated rings. The molecule has 1 atom stereocenters. The van der Waals surface area contributed by atoms with E-state index >= 15 is 0 Å². The number of hydrogen-bond acceptors (Lipinski definition) is 7. The summed E-state index contributed by atoms with van der Waals surface area (Å²) in [5.74, 6) is -3.13. The number of hydrogen-bond donors (Lipinski definition) is 0. The number of alkyl halides is 1. The lowest BCUT2D eigenvalue weighted by atomic mass is 10.2. The van der Waals surface area contributed by atoms with Crippen LogP contribution in [-0.2, 0) is 19.1 Å². The molecule has 0 aliphatic rings. The Kier molecular flexibility index (Phi) is 5.92. The first-order valence-electron chi connectivity index (χ1n) is 5.78. The maximum atomic E-state index is 11.9. The Labute approximate surface area is 124 Å². The number of esters is 2. The second-order valence-electron chi connectivity index (χ2n) is 3.58. The maximum Gasteiger partial charge on any atom is 0.558 e. The molecule has 0 saturated carbocycles. The largest absolute Gasteiger partial charge is 0.558 e. The number of carbonyl (C=O) groups is 2. The zero-order valence-corrected chi connectivity index (χ0v) is 11.7. The number of nitro groups is 1. The summed E-state index contributed by atoms with van der Waals surface area (Å²) in [4.78, 5) is 33.8. The van der Waals surface area contributed by atoms with Crippen LogP contribution in [0.25, 0.3) is 0 Å². The van der Waals surface area contributed by atoms with Gasteiger partial charge in [0.25, 0.3) is 0 Å². The van der Waals surface area contributed by atoms with E-state index in [4.69, 9.17) is 16.3 Å². The first kappa shape index (κ1) is 16.7. The van der Waals surface area contributed by atoms with Crippen LogP contribution in [0.4, 0.5) is 0 Å². The van der Waals surface area contributed by atoms with Crippen molar-refractivity contribution in [3.63, 3.8) is 0 Å². The van der Waals surface area contributed by atoms with E-state index in [1.54, 1.807) is 6.07 Å². The van der Waals surface area contributed by atoms with Gasteiger partial charge in [0.15, 0.2) is 6.07 Å². The molecule has 0 spiro atoms. The van der Waals surface area contributed by atoms with Crippen molar-refractivity contribution < 1.29 is 28.7 Å². The molecule has 0 saturated heterocycles. The fourth-order valence-corrected chi connectivity index (χ4v) is 1.49. The van der Waals surface area contributed by atoms with Crippen molar-refractivity contribution in [1.82, 2.24) is 0 Å². The highest BCUT2D eigenvalue weighted by Crippen LogP contribution is 2.22. The number of ether oxygens (including phenoxy) is 3. The summed E-state index contributed by atoms with van der Waals surface area (Å²) in [7, 11) is 0. The predicted octanol–water partition coefficient (Wildman–Crippen LogP) is 1.34. The third-order valence-corrected chi connectivity index (χ3v) is 2.39. The standard InChI is InChI=1S/C12H12ClNO7/c1-2-19-10(15)12(14(17)18,11(16)20-8-13)21-9-6-4-3-5-7-9/h3-7H,2,8H2,1H3. The van der Waals surface area contributed by atoms with Crippen LogP contribution in [0.5, 0.6) is 5.75 Å². The van der Waals surface area contributed by atoms with Crippen LogP contribution in [0, 0.1) is 10.1 Å². The first-order valence-corrected chi connectivity index (χ1v) is 6.31. The van der Waals surface area contributed by atoms with Crippen molar-refractivity contribution in [2.75, 3.05) is 12.7 Å². The molecule has 0 aromatic heterocycles. The van der Waals surface area contributed by atoms with Gasteiger partial charge in [0.2, 0.25) is 0 Å². The number of para-hydroxylation sites is 1. The average Bonchev–Trinajstić information content (AvgIpc) is 2.45. The monoisotopic (exact) mass is 317 g/mol. The molecule has 0 radical (unpaired) electrons. The van der Waals surface area contributed by atoms with E-state index in [2.05, 4.69) is 9.47 Å². The molecular weight excluding hydrogens is 306 g/mol. The summed E-state index contributed by atoms with van der Waals surface area (Å²) in [6, 6.07) is 6.65. The Morgan fingerprint density at radius 3 is 2.29 bits per heavy atom. The molecule has 1 unspecified atom stereocenters. The first-order chi connectivity index (χ1) is 9.98. The third-order valence-electron chi connectivity index (χ3n) is 2.28. The summed E-state index contributed by atoms with van der Waals surface area (Å²) in [6.45, 7) is 1.25. The van der Waals surface area contributed by atoms with Crippen molar-refractivity contribution in [3.8, 4) is 5.75 Å². The number of halogens is 1. The molecule has 0 N–H and O–H groups in total. The van der Waals surface area contributed by atoms with Gasteiger partial charge in [-0.1, -0.05) is 29.8 Å². The quantitative estimate of drug-likeness (QED) is 0.186. The van der Waals surface area contributed by atoms with E-state index in [0.717, 1.165) is 0 Å². The molecule has 0 aliphatic heterocycles. The van der Waals surface area contributed by atoms with Gasteiger partial charge in [-0.05, 0) is 19.1 Å². The fourth-order valence-electron chi connectivity index (χ4n) is 1.39. The molecule has 0 aliphatic carbocycles. The van der Waals surface area contributed by atoms with Crippen molar-refractivity contribution in [2.45, 2.75) is 12.6 Å². The molecule has 1 aromatic rings. The molecule has 8 nitrogen and oxygen atoms in total. The minimum Gasteiger partial charge on any atom is -0.457 e. The van der Waals surface area contributed by atoms with Gasteiger partial charge in [-0.3, -0.25) is 10.1 Å². The van der Waals surface area contributed by atoms with Crippen molar-refractivity contribution in [3.05, 3.63) is 40.4 Å². The fraction of sp³-hybridized carbons (Fsp3) is 0.333. The highest BCUT2D eigenvalue weighted by molar-refractivity contribution is 6.18. The van der Waals surface area contributed by atoms with Crippen LogP contribution >= 0.6 is 11.6 Å². The van der Waals surface area contributed by atoms with E-state index in [1.165, 1.54) is 31.2 Å². The summed E-state index contributed by atoms with van der Waals surface area (Å²) < 4.78 is 13.9. The van der Waals surface area contributed by atoms with Crippen LogP contribution in [0.3, 0.4) is 0 Å². The van der Waals surface area contributed by atoms with E-state index in [9.17, 15) is 19.7 Å². The van der Waals surface area contributed by atoms with Gasteiger partial charge in [-0.15, -0.1) is 0 Å². The maximum absolute atomic E-state index is 11.9. The molecule has 1 rings (SSSR count). The summed E-state index contributed by atoms with van der Waals surface area (Å²) in [5.41, 5.74) is -3.16. The van der Waals surface area contributed by atoms with Crippen LogP contribution in [-0.4, -0.2) is 35.3 Å². The zero-order valence-electron chi connectivity index (χ0n) is 11.0. The lowest BCUT2D eigenvalue weighted by Crippen LogP contribution is -2.59. The Bertz CT molecular complexity index is 502. The normalized spacial score (nSPS) is 12.9. The van der Waals surface area contributed by atoms with Crippen LogP contribution in [0.15, 0.2) is 30.3 Å². The molecular formula is C12H12ClNO7. The molecule has 0 amide bonds. The predicted molar refractivity (Wildman–Crippen MR) is 70.2 cm³/mol. The lowest BCUT2D eigenvalue weighted by molar-refractivity contribution is -0.583. The Hall–Kier alpha value is -2.35. The van der Waals surface area contributed by atoms with Crippen LogP contribution < -0.4 is 4.74 Å². The molecule has 0 bridgehead atoms. The molecule has 9 heteroatoms. The number of carbonyl (C=O) groups excluding carboxylic acids is 2. The second-order valence-corrected chi connectivity index (χ2v) is 3.80. The van der Waals surface area contributed by atoms with Gasteiger partial charge in [0, 0.05) is 0 Å². The summed E-state index contributed by atoms with van der Waals surface area (Å²) in [5, 5.41) is 11.3. The number of rotatable bonds is 7. The van der Waals surface area contributed by atoms with Gasteiger partial charge in [0.1, 0.15) is 5.75 Å². The van der Waals surface area contributed by atoms with Crippen molar-refractivity contribution in [1.29, 1.82) is 0 Å². The van der Waals surface area contributed by atoms with E-state index in [-0.39, 0.29) is 12.4 Å². The minimum absolute atomic E-state index is 0.0752. The van der Waals surface area contributed by atoms with Gasteiger partial charge < -0.3 is 14.2 Å². The van der Waals surface area contributed by atoms with E-state index in [1.807, 2.05) is 0 Å². The smallest absolute Gasteiger partial charge is 0.457 e. The summed E-state index contributed by atoms with van der Waals surface area (Å²) in [6.07, 6.45) is 0. The highest BCUT2D eigenvalue weighted by Gasteiger charge is 2.66. The lowest BCUT2D eigenvalue weighted by Gasteiger charge is -2.21. The number of benzene rings is 1. The third kappa shape index (κ3) is 3.60. The Balaban J connectivity index is 3.26. The molecule has 21 heavy (non-hydrogen) atoms. The van der Waals surface area contributed by atoms with Crippen LogP contribution in [0.1, 0.15) is 6.92 Å². The minimum atomic E-state index is -3.16. The Morgan fingerprint density at radius 1 is 1.24 bits per heavy atom. The van der Waals surface area contributed by atoms with Gasteiger partial charge in [-0.25, -0.2) is 9.59 Å². The van der Waals surface area contributed by atoms with Crippen LogP contribution in [0.2, 0.25) is 0 Å². The van der Waals surface area contributed by atoms with Gasteiger partial charge in [0.05, 0.1) is 11.5 Å². The Morgan fingerprint density at radius 2 is 1.81 bits per heavy atom. The number of nitrogens with zero attached hydrogens (tertiary/aromatic N) is 1. The van der Waals surface area contributed by atoms with E-state index < -0.39 is 28.7 Å². The molecule has 114 valence electrons. The van der Waals surface area contributed by atoms with E-state index in [0.29, 0.717) is 0 Å². The topological polar surface area (TPSA) is 105 Å².